The lowest BCUT2D eigenvalue weighted by molar-refractivity contribution is -0.201. The Morgan fingerprint density at radius 1 is 1.60 bits per heavy atom. The molecule has 0 radical (unpaired) electrons. The van der Waals surface area contributed by atoms with E-state index < -0.39 is 18.8 Å². The van der Waals surface area contributed by atoms with Crippen LogP contribution in [0.1, 0.15) is 11.5 Å². The molecular formula is C8H11F3N2O2. The summed E-state index contributed by atoms with van der Waals surface area (Å²) in [7, 11) is 0. The summed E-state index contributed by atoms with van der Waals surface area (Å²) in [5.41, 5.74) is 0.502. The molecule has 0 aliphatic heterocycles. The SMILES string of the molecule is Cc1cc(CNC[C@@H](O)C(F)(F)F)no1. The topological polar surface area (TPSA) is 58.3 Å². The van der Waals surface area contributed by atoms with E-state index in [1.807, 2.05) is 0 Å². The van der Waals surface area contributed by atoms with Gasteiger partial charge in [0.05, 0.1) is 5.69 Å². The van der Waals surface area contributed by atoms with Gasteiger partial charge in [0, 0.05) is 19.2 Å². The van der Waals surface area contributed by atoms with Crippen LogP contribution in [0.25, 0.3) is 0 Å². The van der Waals surface area contributed by atoms with Crippen molar-refractivity contribution >= 4 is 0 Å². The summed E-state index contributed by atoms with van der Waals surface area (Å²) in [6, 6.07) is 1.60. The highest BCUT2D eigenvalue weighted by Gasteiger charge is 2.37. The number of aryl methyl sites for hydroxylation is 1. The molecule has 0 saturated carbocycles. The molecule has 15 heavy (non-hydrogen) atoms. The van der Waals surface area contributed by atoms with Crippen molar-refractivity contribution in [3.63, 3.8) is 0 Å². The third-order valence-corrected chi connectivity index (χ3v) is 1.70. The van der Waals surface area contributed by atoms with Gasteiger partial charge in [-0.15, -0.1) is 0 Å². The summed E-state index contributed by atoms with van der Waals surface area (Å²) >= 11 is 0. The van der Waals surface area contributed by atoms with Crippen LogP contribution in [0.5, 0.6) is 0 Å². The van der Waals surface area contributed by atoms with E-state index in [1.165, 1.54) is 0 Å². The molecular weight excluding hydrogens is 213 g/mol. The van der Waals surface area contributed by atoms with E-state index in [4.69, 9.17) is 9.63 Å². The van der Waals surface area contributed by atoms with E-state index in [1.54, 1.807) is 13.0 Å². The Labute approximate surface area is 84.1 Å². The summed E-state index contributed by atoms with van der Waals surface area (Å²) in [6.07, 6.45) is -6.95. The number of rotatable bonds is 4. The van der Waals surface area contributed by atoms with Crippen LogP contribution in [-0.2, 0) is 6.54 Å². The second kappa shape index (κ2) is 4.63. The van der Waals surface area contributed by atoms with Gasteiger partial charge in [0.15, 0.2) is 6.10 Å². The lowest BCUT2D eigenvalue weighted by Gasteiger charge is -2.14. The van der Waals surface area contributed by atoms with Crippen molar-refractivity contribution in [2.75, 3.05) is 6.54 Å². The highest BCUT2D eigenvalue weighted by Crippen LogP contribution is 2.19. The first-order chi connectivity index (χ1) is 6.89. The number of hydrogen-bond acceptors (Lipinski definition) is 4. The number of alkyl halides is 3. The Kier molecular flexibility index (Phi) is 3.70. The first-order valence-electron chi connectivity index (χ1n) is 4.27. The van der Waals surface area contributed by atoms with E-state index in [9.17, 15) is 13.2 Å². The Bertz CT molecular complexity index is 311. The first kappa shape index (κ1) is 12.0. The third kappa shape index (κ3) is 3.88. The maximum absolute atomic E-state index is 11.9. The number of aromatic nitrogens is 1. The van der Waals surface area contributed by atoms with Gasteiger partial charge in [-0.2, -0.15) is 13.2 Å². The van der Waals surface area contributed by atoms with Crippen LogP contribution in [0.15, 0.2) is 10.6 Å². The molecule has 0 aliphatic carbocycles. The van der Waals surface area contributed by atoms with Crippen LogP contribution in [0.3, 0.4) is 0 Å². The van der Waals surface area contributed by atoms with Gasteiger partial charge in [-0.25, -0.2) is 0 Å². The van der Waals surface area contributed by atoms with Gasteiger partial charge in [-0.1, -0.05) is 5.16 Å². The number of halogens is 3. The zero-order chi connectivity index (χ0) is 11.5. The summed E-state index contributed by atoms with van der Waals surface area (Å²) < 4.78 is 40.3. The summed E-state index contributed by atoms with van der Waals surface area (Å²) in [4.78, 5) is 0. The molecule has 0 bridgehead atoms. The van der Waals surface area contributed by atoms with Crippen LogP contribution < -0.4 is 5.32 Å². The van der Waals surface area contributed by atoms with Crippen molar-refractivity contribution in [3.8, 4) is 0 Å². The molecule has 0 amide bonds. The van der Waals surface area contributed by atoms with Gasteiger partial charge >= 0.3 is 6.18 Å². The minimum Gasteiger partial charge on any atom is -0.382 e. The lowest BCUT2D eigenvalue weighted by Crippen LogP contribution is -2.38. The average Bonchev–Trinajstić information content (AvgIpc) is 2.49. The summed E-state index contributed by atoms with van der Waals surface area (Å²) in [5.74, 6) is 0.586. The van der Waals surface area contributed by atoms with Crippen LogP contribution in [-0.4, -0.2) is 29.1 Å². The smallest absolute Gasteiger partial charge is 0.382 e. The second-order valence-corrected chi connectivity index (χ2v) is 3.12. The van der Waals surface area contributed by atoms with Gasteiger partial charge in [-0.05, 0) is 6.92 Å². The number of hydrogen-bond donors (Lipinski definition) is 2. The monoisotopic (exact) mass is 224 g/mol. The summed E-state index contributed by atoms with van der Waals surface area (Å²) in [5, 5.41) is 14.6. The number of nitrogens with one attached hydrogen (secondary N) is 1. The summed E-state index contributed by atoms with van der Waals surface area (Å²) in [6.45, 7) is 1.25. The Balaban J connectivity index is 2.28. The van der Waals surface area contributed by atoms with Gasteiger partial charge in [-0.3, -0.25) is 0 Å². The standard InChI is InChI=1S/C8H11F3N2O2/c1-5-2-6(13-15-5)3-12-4-7(14)8(9,10)11/h2,7,12,14H,3-4H2,1H3/t7-/m1/s1. The van der Waals surface area contributed by atoms with Crippen molar-refractivity contribution in [2.45, 2.75) is 25.7 Å². The molecule has 0 fully saturated rings. The Morgan fingerprint density at radius 2 is 2.27 bits per heavy atom. The molecule has 86 valence electrons. The molecule has 1 atom stereocenters. The van der Waals surface area contributed by atoms with Gasteiger partial charge in [0.25, 0.3) is 0 Å². The van der Waals surface area contributed by atoms with Gasteiger partial charge in [0.1, 0.15) is 5.76 Å². The fourth-order valence-electron chi connectivity index (χ4n) is 0.954. The Hall–Kier alpha value is -1.08. The Morgan fingerprint density at radius 3 is 2.73 bits per heavy atom. The van der Waals surface area contributed by atoms with Crippen LogP contribution in [0, 0.1) is 6.92 Å². The first-order valence-corrected chi connectivity index (χ1v) is 4.27. The molecule has 0 aliphatic rings. The van der Waals surface area contributed by atoms with Crippen molar-refractivity contribution < 1.29 is 22.8 Å². The average molecular weight is 224 g/mol. The minimum atomic E-state index is -4.59. The quantitative estimate of drug-likeness (QED) is 0.800. The molecule has 1 heterocycles. The number of nitrogens with zero attached hydrogens (tertiary/aromatic N) is 1. The molecule has 2 N–H and O–H groups in total. The predicted octanol–water partition coefficient (Wildman–Crippen LogP) is 0.996. The lowest BCUT2D eigenvalue weighted by atomic mass is 10.3. The zero-order valence-corrected chi connectivity index (χ0v) is 8.01. The molecule has 0 unspecified atom stereocenters. The van der Waals surface area contributed by atoms with E-state index in [-0.39, 0.29) is 6.54 Å². The van der Waals surface area contributed by atoms with Gasteiger partial charge < -0.3 is 14.9 Å². The molecule has 0 saturated heterocycles. The molecule has 0 aromatic carbocycles. The van der Waals surface area contributed by atoms with Crippen molar-refractivity contribution in [1.29, 1.82) is 0 Å². The van der Waals surface area contributed by atoms with Crippen molar-refractivity contribution in [2.24, 2.45) is 0 Å². The van der Waals surface area contributed by atoms with Crippen LogP contribution in [0.4, 0.5) is 13.2 Å². The molecule has 1 rings (SSSR count). The minimum absolute atomic E-state index is 0.129. The number of aliphatic hydroxyl groups excluding tert-OH is 1. The third-order valence-electron chi connectivity index (χ3n) is 1.70. The van der Waals surface area contributed by atoms with E-state index >= 15 is 0 Å². The predicted molar refractivity (Wildman–Crippen MR) is 45.0 cm³/mol. The van der Waals surface area contributed by atoms with Crippen molar-refractivity contribution in [1.82, 2.24) is 10.5 Å². The highest BCUT2D eigenvalue weighted by atomic mass is 19.4. The molecule has 7 heteroatoms. The largest absolute Gasteiger partial charge is 0.415 e. The zero-order valence-electron chi connectivity index (χ0n) is 8.01. The maximum Gasteiger partial charge on any atom is 0.415 e. The van der Waals surface area contributed by atoms with Crippen LogP contribution in [0.2, 0.25) is 0 Å². The maximum atomic E-state index is 11.9. The number of aliphatic hydroxyl groups is 1. The van der Waals surface area contributed by atoms with Crippen molar-refractivity contribution in [3.05, 3.63) is 17.5 Å². The fraction of sp³-hybridized carbons (Fsp3) is 0.625. The molecule has 0 spiro atoms. The van der Waals surface area contributed by atoms with Crippen LogP contribution >= 0.6 is 0 Å². The normalized spacial score (nSPS) is 14.2. The molecule has 1 aromatic heterocycles. The molecule has 4 nitrogen and oxygen atoms in total. The van der Waals surface area contributed by atoms with E-state index in [0.717, 1.165) is 0 Å². The molecule has 1 aromatic rings. The van der Waals surface area contributed by atoms with E-state index in [0.29, 0.717) is 11.5 Å². The fourth-order valence-corrected chi connectivity index (χ4v) is 0.954. The van der Waals surface area contributed by atoms with Gasteiger partial charge in [0.2, 0.25) is 0 Å². The highest BCUT2D eigenvalue weighted by molar-refractivity contribution is 5.02. The van der Waals surface area contributed by atoms with E-state index in [2.05, 4.69) is 10.5 Å². The second-order valence-electron chi connectivity index (χ2n) is 3.12.